The average Bonchev–Trinajstić information content (AvgIpc) is 2.80. The Morgan fingerprint density at radius 3 is 2.22 bits per heavy atom. The zero-order valence-corrected chi connectivity index (χ0v) is 17.0. The smallest absolute Gasteiger partial charge is 0.406 e. The van der Waals surface area contributed by atoms with Gasteiger partial charge in [-0.2, -0.15) is 0 Å². The lowest BCUT2D eigenvalue weighted by Gasteiger charge is -2.31. The molecule has 2 heterocycles. The number of aromatic nitrogens is 2. The number of hydrogen-bond acceptors (Lipinski definition) is 5. The van der Waals surface area contributed by atoms with Crippen molar-refractivity contribution in [3.8, 4) is 17.0 Å². The van der Waals surface area contributed by atoms with E-state index >= 15 is 0 Å². The van der Waals surface area contributed by atoms with E-state index in [2.05, 4.69) is 25.2 Å². The molecule has 1 aliphatic heterocycles. The number of alkyl halides is 3. The largest absolute Gasteiger partial charge is 0.573 e. The minimum atomic E-state index is -4.75. The van der Waals surface area contributed by atoms with Gasteiger partial charge in [-0.25, -0.2) is 0 Å². The number of piperidine rings is 1. The number of halogens is 3. The topological polar surface area (TPSA) is 67.3 Å². The summed E-state index contributed by atoms with van der Waals surface area (Å²) in [7, 11) is 0. The first kappa shape index (κ1) is 21.6. The number of ether oxygens (including phenoxy) is 1. The molecule has 3 aromatic rings. The molecule has 1 aliphatic rings. The van der Waals surface area contributed by atoms with Crippen LogP contribution in [0.5, 0.6) is 5.75 Å². The maximum atomic E-state index is 12.6. The number of rotatable bonds is 5. The van der Waals surface area contributed by atoms with Gasteiger partial charge in [-0.3, -0.25) is 4.79 Å². The predicted molar refractivity (Wildman–Crippen MR) is 114 cm³/mol. The monoisotopic (exact) mass is 442 g/mol. The van der Waals surface area contributed by atoms with Crippen LogP contribution >= 0.6 is 0 Å². The molecule has 0 aliphatic carbocycles. The van der Waals surface area contributed by atoms with Crippen molar-refractivity contribution in [2.45, 2.75) is 19.2 Å². The molecular formula is C23H21F3N4O2. The normalized spacial score (nSPS) is 14.8. The molecule has 0 bridgehead atoms. The van der Waals surface area contributed by atoms with Crippen molar-refractivity contribution < 1.29 is 22.7 Å². The maximum Gasteiger partial charge on any atom is 0.573 e. The van der Waals surface area contributed by atoms with Crippen LogP contribution in [0.2, 0.25) is 0 Å². The number of benzene rings is 2. The summed E-state index contributed by atoms with van der Waals surface area (Å²) in [5.41, 5.74) is 2.23. The maximum absolute atomic E-state index is 12.6. The van der Waals surface area contributed by atoms with E-state index in [0.29, 0.717) is 31.6 Å². The zero-order chi connectivity index (χ0) is 22.6. The molecule has 0 unspecified atom stereocenters. The third-order valence-corrected chi connectivity index (χ3v) is 5.27. The summed E-state index contributed by atoms with van der Waals surface area (Å²) in [4.78, 5) is 14.6. The van der Waals surface area contributed by atoms with Gasteiger partial charge in [0.05, 0.1) is 5.69 Å². The van der Waals surface area contributed by atoms with Crippen LogP contribution in [0.4, 0.5) is 24.7 Å². The summed E-state index contributed by atoms with van der Waals surface area (Å²) < 4.78 is 40.6. The third-order valence-electron chi connectivity index (χ3n) is 5.27. The molecule has 0 radical (unpaired) electrons. The molecule has 2 aromatic carbocycles. The summed E-state index contributed by atoms with van der Waals surface area (Å²) in [6, 6.07) is 18.8. The molecule has 0 spiro atoms. The summed E-state index contributed by atoms with van der Waals surface area (Å²) >= 11 is 0. The Bertz CT molecular complexity index is 1030. The van der Waals surface area contributed by atoms with Gasteiger partial charge in [0.2, 0.25) is 5.91 Å². The molecule has 166 valence electrons. The van der Waals surface area contributed by atoms with Crippen molar-refractivity contribution in [3.63, 3.8) is 0 Å². The molecule has 4 rings (SSSR count). The average molecular weight is 442 g/mol. The number of amides is 1. The lowest BCUT2D eigenvalue weighted by Crippen LogP contribution is -2.38. The van der Waals surface area contributed by atoms with Gasteiger partial charge in [0, 0.05) is 30.3 Å². The SMILES string of the molecule is O=C(Nc1ccc(OC(F)(F)F)cc1)C1CCN(c2ccc(-c3ccccc3)nn2)CC1. The number of carbonyl (C=O) groups excluding carboxylic acids is 1. The Labute approximate surface area is 183 Å². The molecule has 0 saturated carbocycles. The van der Waals surface area contributed by atoms with Crippen LogP contribution in [0.25, 0.3) is 11.3 Å². The van der Waals surface area contributed by atoms with Crippen molar-refractivity contribution in [3.05, 3.63) is 66.7 Å². The quantitative estimate of drug-likeness (QED) is 0.609. The highest BCUT2D eigenvalue weighted by molar-refractivity contribution is 5.92. The summed E-state index contributed by atoms with van der Waals surface area (Å²) in [6.45, 7) is 1.33. The van der Waals surface area contributed by atoms with Gasteiger partial charge in [-0.15, -0.1) is 23.4 Å². The Morgan fingerprint density at radius 2 is 1.62 bits per heavy atom. The number of nitrogens with one attached hydrogen (secondary N) is 1. The fraction of sp³-hybridized carbons (Fsp3) is 0.261. The van der Waals surface area contributed by atoms with Gasteiger partial charge in [-0.05, 0) is 49.2 Å². The Kier molecular flexibility index (Phi) is 6.25. The molecule has 9 heteroatoms. The molecule has 32 heavy (non-hydrogen) atoms. The van der Waals surface area contributed by atoms with Crippen LogP contribution < -0.4 is 15.0 Å². The second kappa shape index (κ2) is 9.25. The highest BCUT2D eigenvalue weighted by atomic mass is 19.4. The minimum absolute atomic E-state index is 0.153. The van der Waals surface area contributed by atoms with Crippen molar-refractivity contribution in [2.75, 3.05) is 23.3 Å². The van der Waals surface area contributed by atoms with Gasteiger partial charge in [0.1, 0.15) is 5.75 Å². The standard InChI is InChI=1S/C23H21F3N4O2/c24-23(25,26)32-19-8-6-18(7-9-19)27-22(31)17-12-14-30(15-13-17)21-11-10-20(28-29-21)16-4-2-1-3-5-16/h1-11,17H,12-15H2,(H,27,31). The molecule has 1 N–H and O–H groups in total. The first-order valence-corrected chi connectivity index (χ1v) is 10.2. The van der Waals surface area contributed by atoms with Crippen LogP contribution in [0.15, 0.2) is 66.7 Å². The molecule has 0 atom stereocenters. The Hall–Kier alpha value is -3.62. The van der Waals surface area contributed by atoms with Crippen LogP contribution in [-0.2, 0) is 4.79 Å². The van der Waals surface area contributed by atoms with E-state index in [0.717, 1.165) is 17.1 Å². The fourth-order valence-corrected chi connectivity index (χ4v) is 3.61. The Morgan fingerprint density at radius 1 is 0.938 bits per heavy atom. The number of carbonyl (C=O) groups is 1. The van der Waals surface area contributed by atoms with Gasteiger partial charge >= 0.3 is 6.36 Å². The number of nitrogens with zero attached hydrogens (tertiary/aromatic N) is 3. The number of hydrogen-bond donors (Lipinski definition) is 1. The summed E-state index contributed by atoms with van der Waals surface area (Å²) in [5, 5.41) is 11.4. The fourth-order valence-electron chi connectivity index (χ4n) is 3.61. The summed E-state index contributed by atoms with van der Waals surface area (Å²) in [6.07, 6.45) is -3.46. The molecule has 1 amide bonds. The van der Waals surface area contributed by atoms with E-state index < -0.39 is 6.36 Å². The van der Waals surface area contributed by atoms with Crippen molar-refractivity contribution >= 4 is 17.4 Å². The minimum Gasteiger partial charge on any atom is -0.406 e. The van der Waals surface area contributed by atoms with E-state index in [4.69, 9.17) is 0 Å². The van der Waals surface area contributed by atoms with Gasteiger partial charge < -0.3 is 15.0 Å². The molecule has 1 fully saturated rings. The van der Waals surface area contributed by atoms with E-state index in [1.807, 2.05) is 42.5 Å². The van der Waals surface area contributed by atoms with Crippen molar-refractivity contribution in [1.82, 2.24) is 10.2 Å². The lowest BCUT2D eigenvalue weighted by atomic mass is 9.95. The van der Waals surface area contributed by atoms with Gasteiger partial charge in [0.15, 0.2) is 5.82 Å². The van der Waals surface area contributed by atoms with E-state index in [1.165, 1.54) is 24.3 Å². The zero-order valence-electron chi connectivity index (χ0n) is 17.0. The Balaban J connectivity index is 1.29. The highest BCUT2D eigenvalue weighted by Gasteiger charge is 2.31. The van der Waals surface area contributed by atoms with Crippen molar-refractivity contribution in [1.29, 1.82) is 0 Å². The van der Waals surface area contributed by atoms with E-state index in [9.17, 15) is 18.0 Å². The molecule has 6 nitrogen and oxygen atoms in total. The predicted octanol–water partition coefficient (Wildman–Crippen LogP) is 4.90. The van der Waals surface area contributed by atoms with E-state index in [-0.39, 0.29) is 17.6 Å². The molecule has 1 saturated heterocycles. The lowest BCUT2D eigenvalue weighted by molar-refractivity contribution is -0.274. The number of anilines is 2. The highest BCUT2D eigenvalue weighted by Crippen LogP contribution is 2.26. The molecular weight excluding hydrogens is 421 g/mol. The first-order chi connectivity index (χ1) is 15.4. The van der Waals surface area contributed by atoms with E-state index in [1.54, 1.807) is 0 Å². The van der Waals surface area contributed by atoms with Crippen LogP contribution in [0.3, 0.4) is 0 Å². The van der Waals surface area contributed by atoms with Crippen LogP contribution in [0, 0.1) is 5.92 Å². The van der Waals surface area contributed by atoms with Crippen LogP contribution in [-0.4, -0.2) is 35.6 Å². The second-order valence-corrected chi connectivity index (χ2v) is 7.47. The third kappa shape index (κ3) is 5.54. The van der Waals surface area contributed by atoms with Gasteiger partial charge in [0.25, 0.3) is 0 Å². The van der Waals surface area contributed by atoms with Crippen LogP contribution in [0.1, 0.15) is 12.8 Å². The molecule has 1 aromatic heterocycles. The summed E-state index contributed by atoms with van der Waals surface area (Å²) in [5.74, 6) is 0.0977. The van der Waals surface area contributed by atoms with Crippen molar-refractivity contribution in [2.24, 2.45) is 5.92 Å². The van der Waals surface area contributed by atoms with Gasteiger partial charge in [-0.1, -0.05) is 30.3 Å². The first-order valence-electron chi connectivity index (χ1n) is 10.2. The second-order valence-electron chi connectivity index (χ2n) is 7.47.